The van der Waals surface area contributed by atoms with Crippen LogP contribution in [0.25, 0.3) is 0 Å². The first-order valence-corrected chi connectivity index (χ1v) is 9.90. The lowest BCUT2D eigenvalue weighted by Crippen LogP contribution is -2.47. The third kappa shape index (κ3) is 18.7. The van der Waals surface area contributed by atoms with Gasteiger partial charge in [0.05, 0.1) is 12.2 Å². The number of thiol groups is 1. The Balaban J connectivity index is 0. The van der Waals surface area contributed by atoms with E-state index in [9.17, 15) is 29.3 Å². The molecule has 0 heterocycles. The van der Waals surface area contributed by atoms with Crippen molar-refractivity contribution in [2.75, 3.05) is 13.2 Å². The van der Waals surface area contributed by atoms with Crippen LogP contribution >= 0.6 is 12.6 Å². The van der Waals surface area contributed by atoms with E-state index in [-0.39, 0.29) is 31.6 Å². The van der Waals surface area contributed by atoms with Crippen molar-refractivity contribution >= 4 is 36.4 Å². The number of hydrogen-bond donors (Lipinski definition) is 4. The number of rotatable bonds is 10. The van der Waals surface area contributed by atoms with Crippen LogP contribution in [0.4, 0.5) is 0 Å². The number of primary amides is 1. The largest absolute Gasteiger partial charge is 0.478 e. The van der Waals surface area contributed by atoms with Gasteiger partial charge in [-0.15, -0.1) is 22.7 Å². The minimum absolute atomic E-state index is 0.0984. The molecule has 0 bridgehead atoms. The summed E-state index contributed by atoms with van der Waals surface area (Å²) in [6.07, 6.45) is 1.24. The number of carboxylic acid groups (broad SMARTS) is 1. The van der Waals surface area contributed by atoms with Crippen LogP contribution in [0.3, 0.4) is 0 Å². The quantitative estimate of drug-likeness (QED) is 0.128. The highest BCUT2D eigenvalue weighted by Crippen LogP contribution is 2.06. The molecule has 0 saturated carbocycles. The van der Waals surface area contributed by atoms with Crippen molar-refractivity contribution in [3.8, 4) is 0 Å². The highest BCUT2D eigenvalue weighted by molar-refractivity contribution is 7.80. The molecule has 1 aromatic rings. The second-order valence-electron chi connectivity index (χ2n) is 6.06. The highest BCUT2D eigenvalue weighted by Gasteiger charge is 2.18. The zero-order valence-corrected chi connectivity index (χ0v) is 19.0. The van der Waals surface area contributed by atoms with E-state index in [1.54, 1.807) is 12.1 Å². The molecule has 180 valence electrons. The fraction of sp³-hybridized carbons (Fsp3) is 0.474. The van der Waals surface area contributed by atoms with Crippen LogP contribution < -0.4 is 11.1 Å². The van der Waals surface area contributed by atoms with Gasteiger partial charge in [-0.05, 0) is 30.7 Å². The maximum absolute atomic E-state index is 11.2. The van der Waals surface area contributed by atoms with Crippen LogP contribution in [0.1, 0.15) is 50.4 Å². The van der Waals surface area contributed by atoms with Gasteiger partial charge >= 0.3 is 11.9 Å². The maximum atomic E-state index is 11.2. The molecule has 12 nitrogen and oxygen atoms in total. The summed E-state index contributed by atoms with van der Waals surface area (Å²) in [6.45, 7) is 4.82. The Morgan fingerprint density at radius 3 is 2.16 bits per heavy atom. The number of nitrogens with one attached hydrogen (secondary N) is 1. The molecule has 13 heteroatoms. The normalized spacial score (nSPS) is 10.1. The lowest BCUT2D eigenvalue weighted by molar-refractivity contribution is -0.757. The molecule has 32 heavy (non-hydrogen) atoms. The van der Waals surface area contributed by atoms with E-state index in [2.05, 4.69) is 36.6 Å². The standard InChI is InChI=1S/C9H15N3O7.C7H6O2S.C3H8/c1-6(13)11-7(9(10)15)5-18-8(14)3-2-4-19-12(16)17;8-7(9)5-1-3-6(10)4-2-5;1-3-2/h7H,2-5H2,1H3,(H2,10,15)(H,11,13);1-4,10H,(H,8,9);3H2,1-2H3. The predicted molar refractivity (Wildman–Crippen MR) is 117 cm³/mol. The average molecular weight is 476 g/mol. The van der Waals surface area contributed by atoms with Gasteiger partial charge in [0, 0.05) is 18.2 Å². The molecule has 2 amide bonds. The Hall–Kier alpha value is -3.35. The molecule has 0 aromatic heterocycles. The van der Waals surface area contributed by atoms with Gasteiger partial charge in [-0.1, -0.05) is 20.3 Å². The second-order valence-corrected chi connectivity index (χ2v) is 6.57. The Bertz CT molecular complexity index is 742. The molecule has 1 unspecified atom stereocenters. The van der Waals surface area contributed by atoms with Crippen molar-refractivity contribution in [1.29, 1.82) is 0 Å². The second kappa shape index (κ2) is 18.4. The fourth-order valence-electron chi connectivity index (χ4n) is 1.65. The SMILES string of the molecule is CC(=O)NC(COC(=O)CCCO[N+](=O)[O-])C(N)=O.CCC.O=C(O)c1ccc(S)cc1. The van der Waals surface area contributed by atoms with E-state index in [0.29, 0.717) is 0 Å². The number of carboxylic acids is 1. The number of esters is 1. The Labute approximate surface area is 191 Å². The van der Waals surface area contributed by atoms with Gasteiger partial charge in [0.2, 0.25) is 11.8 Å². The number of nitrogens with two attached hydrogens (primary N) is 1. The number of ether oxygens (including phenoxy) is 1. The topological polar surface area (TPSA) is 188 Å². The van der Waals surface area contributed by atoms with Crippen molar-refractivity contribution in [1.82, 2.24) is 5.32 Å². The van der Waals surface area contributed by atoms with E-state index in [1.165, 1.54) is 25.5 Å². The molecular weight excluding hydrogens is 446 g/mol. The van der Waals surface area contributed by atoms with E-state index in [0.717, 1.165) is 4.90 Å². The van der Waals surface area contributed by atoms with Crippen molar-refractivity contribution in [3.05, 3.63) is 39.9 Å². The first kappa shape index (κ1) is 30.8. The lowest BCUT2D eigenvalue weighted by atomic mass is 10.2. The van der Waals surface area contributed by atoms with E-state index < -0.39 is 34.9 Å². The number of carbonyl (C=O) groups is 4. The maximum Gasteiger partial charge on any atom is 0.335 e. The molecule has 0 saturated heterocycles. The van der Waals surface area contributed by atoms with Gasteiger partial charge < -0.3 is 25.7 Å². The van der Waals surface area contributed by atoms with Crippen LogP contribution in [0, 0.1) is 10.1 Å². The fourth-order valence-corrected chi connectivity index (χ4v) is 1.80. The predicted octanol–water partition coefficient (Wildman–Crippen LogP) is 1.60. The highest BCUT2D eigenvalue weighted by atomic mass is 32.1. The van der Waals surface area contributed by atoms with Crippen molar-refractivity contribution in [2.45, 2.75) is 51.0 Å². The summed E-state index contributed by atoms with van der Waals surface area (Å²) in [5.74, 6) is -2.91. The van der Waals surface area contributed by atoms with E-state index in [4.69, 9.17) is 15.6 Å². The van der Waals surface area contributed by atoms with E-state index in [1.807, 2.05) is 0 Å². The molecule has 1 aromatic carbocycles. The van der Waals surface area contributed by atoms with Gasteiger partial charge in [0.15, 0.2) is 0 Å². The first-order valence-electron chi connectivity index (χ1n) is 9.46. The summed E-state index contributed by atoms with van der Waals surface area (Å²) in [5, 5.41) is 19.5. The van der Waals surface area contributed by atoms with E-state index >= 15 is 0 Å². The number of amides is 2. The summed E-state index contributed by atoms with van der Waals surface area (Å²) >= 11 is 4.01. The zero-order valence-electron chi connectivity index (χ0n) is 18.1. The molecule has 0 aliphatic rings. The average Bonchev–Trinajstić information content (AvgIpc) is 2.69. The molecule has 1 rings (SSSR count). The minimum atomic E-state index is -1.10. The van der Waals surface area contributed by atoms with Crippen molar-refractivity contribution in [3.63, 3.8) is 0 Å². The molecule has 0 aliphatic heterocycles. The molecular formula is C19H29N3O9S. The van der Waals surface area contributed by atoms with Gasteiger partial charge in [0.1, 0.15) is 12.6 Å². The van der Waals surface area contributed by atoms with Crippen LogP contribution in [0.15, 0.2) is 29.2 Å². The molecule has 4 N–H and O–H groups in total. The van der Waals surface area contributed by atoms with Gasteiger partial charge in [0.25, 0.3) is 5.09 Å². The van der Waals surface area contributed by atoms with Crippen LogP contribution in [-0.4, -0.2) is 53.2 Å². The first-order chi connectivity index (χ1) is 14.9. The third-order valence-electron chi connectivity index (χ3n) is 2.97. The Kier molecular flexibility index (Phi) is 17.8. The molecule has 0 fully saturated rings. The van der Waals surface area contributed by atoms with Crippen LogP contribution in [0.5, 0.6) is 0 Å². The molecule has 0 aliphatic carbocycles. The summed E-state index contributed by atoms with van der Waals surface area (Å²) in [6, 6.07) is 5.23. The number of carbonyl (C=O) groups excluding carboxylic acids is 3. The molecule has 1 atom stereocenters. The number of hydrogen-bond acceptors (Lipinski definition) is 9. The van der Waals surface area contributed by atoms with Crippen molar-refractivity contribution < 1.29 is 38.9 Å². The Morgan fingerprint density at radius 1 is 1.22 bits per heavy atom. The van der Waals surface area contributed by atoms with Crippen LogP contribution in [-0.2, 0) is 24.0 Å². The summed E-state index contributed by atoms with van der Waals surface area (Å²) in [5.41, 5.74) is 5.28. The number of aromatic carboxylic acids is 1. The van der Waals surface area contributed by atoms with Gasteiger partial charge in [-0.25, -0.2) is 4.79 Å². The summed E-state index contributed by atoms with van der Waals surface area (Å²) in [7, 11) is 0. The number of nitrogens with zero attached hydrogens (tertiary/aromatic N) is 1. The molecule has 0 radical (unpaired) electrons. The molecule has 0 spiro atoms. The third-order valence-corrected chi connectivity index (χ3v) is 3.27. The van der Waals surface area contributed by atoms with Crippen molar-refractivity contribution in [2.24, 2.45) is 5.73 Å². The zero-order chi connectivity index (χ0) is 25.1. The van der Waals surface area contributed by atoms with Gasteiger partial charge in [-0.3, -0.25) is 14.4 Å². The van der Waals surface area contributed by atoms with Crippen LogP contribution in [0.2, 0.25) is 0 Å². The monoisotopic (exact) mass is 475 g/mol. The minimum Gasteiger partial charge on any atom is -0.478 e. The summed E-state index contributed by atoms with van der Waals surface area (Å²) < 4.78 is 4.69. The smallest absolute Gasteiger partial charge is 0.335 e. The van der Waals surface area contributed by atoms with Gasteiger partial charge in [-0.2, -0.15) is 0 Å². The lowest BCUT2D eigenvalue weighted by Gasteiger charge is -2.14. The summed E-state index contributed by atoms with van der Waals surface area (Å²) in [4.78, 5) is 57.7. The number of benzene rings is 1. The Morgan fingerprint density at radius 2 is 1.75 bits per heavy atom.